The SMILES string of the molecule is CCC(=O)c1ccccc1.CCCc1ccccc1. The number of Topliss-reactive ketones (excluding diaryl/α,β-unsaturated/α-hetero) is 1. The van der Waals surface area contributed by atoms with Gasteiger partial charge in [-0.3, -0.25) is 4.79 Å². The van der Waals surface area contributed by atoms with Crippen LogP contribution >= 0.6 is 0 Å². The summed E-state index contributed by atoms with van der Waals surface area (Å²) in [6.45, 7) is 4.07. The van der Waals surface area contributed by atoms with Crippen molar-refractivity contribution in [1.29, 1.82) is 0 Å². The summed E-state index contributed by atoms with van der Waals surface area (Å²) >= 11 is 0. The molecular formula is C18H22O. The Bertz CT molecular complexity index is 460. The van der Waals surface area contributed by atoms with Gasteiger partial charge >= 0.3 is 0 Å². The lowest BCUT2D eigenvalue weighted by Gasteiger charge is -1.93. The minimum atomic E-state index is 0.209. The van der Waals surface area contributed by atoms with Crippen molar-refractivity contribution in [2.45, 2.75) is 33.1 Å². The molecule has 0 atom stereocenters. The molecule has 0 aromatic heterocycles. The molecule has 0 aliphatic rings. The lowest BCUT2D eigenvalue weighted by Crippen LogP contribution is -1.94. The topological polar surface area (TPSA) is 17.1 Å². The third-order valence-corrected chi connectivity index (χ3v) is 2.80. The van der Waals surface area contributed by atoms with Gasteiger partial charge in [-0.1, -0.05) is 80.9 Å². The molecule has 0 spiro atoms. The summed E-state index contributed by atoms with van der Waals surface area (Å²) in [4.78, 5) is 11.0. The zero-order valence-corrected chi connectivity index (χ0v) is 11.8. The lowest BCUT2D eigenvalue weighted by atomic mass is 10.1. The standard InChI is InChI=1S/C9H10O.C9H12/c1-2-9(10)8-6-4-3-5-7-8;1-2-6-9-7-4-3-5-8-9/h3-7H,2H2,1H3;3-5,7-8H,2,6H2,1H3. The van der Waals surface area contributed by atoms with Gasteiger partial charge in [0.25, 0.3) is 0 Å². The fraction of sp³-hybridized carbons (Fsp3) is 0.278. The van der Waals surface area contributed by atoms with Crippen LogP contribution in [0.1, 0.15) is 42.6 Å². The van der Waals surface area contributed by atoms with Gasteiger partial charge in [-0.05, 0) is 12.0 Å². The Hall–Kier alpha value is -1.89. The molecule has 2 aromatic rings. The van der Waals surface area contributed by atoms with E-state index >= 15 is 0 Å². The highest BCUT2D eigenvalue weighted by atomic mass is 16.1. The Morgan fingerprint density at radius 3 is 1.84 bits per heavy atom. The van der Waals surface area contributed by atoms with Crippen molar-refractivity contribution in [2.75, 3.05) is 0 Å². The average Bonchev–Trinajstić information content (AvgIpc) is 2.49. The first-order valence-electron chi connectivity index (χ1n) is 6.90. The van der Waals surface area contributed by atoms with E-state index in [0.717, 1.165) is 5.56 Å². The van der Waals surface area contributed by atoms with Gasteiger partial charge in [0.2, 0.25) is 0 Å². The van der Waals surface area contributed by atoms with Crippen LogP contribution in [0.4, 0.5) is 0 Å². The lowest BCUT2D eigenvalue weighted by molar-refractivity contribution is 0.0988. The molecule has 0 heterocycles. The van der Waals surface area contributed by atoms with Gasteiger partial charge in [0.05, 0.1) is 0 Å². The quantitative estimate of drug-likeness (QED) is 0.708. The van der Waals surface area contributed by atoms with E-state index in [2.05, 4.69) is 37.3 Å². The number of rotatable bonds is 4. The van der Waals surface area contributed by atoms with Crippen molar-refractivity contribution in [3.05, 3.63) is 71.8 Å². The molecule has 19 heavy (non-hydrogen) atoms. The average molecular weight is 254 g/mol. The monoisotopic (exact) mass is 254 g/mol. The van der Waals surface area contributed by atoms with Crippen molar-refractivity contribution >= 4 is 5.78 Å². The molecule has 0 N–H and O–H groups in total. The molecule has 0 bridgehead atoms. The van der Waals surface area contributed by atoms with Crippen LogP contribution in [0.2, 0.25) is 0 Å². The molecule has 0 saturated heterocycles. The number of benzene rings is 2. The van der Waals surface area contributed by atoms with Crippen LogP contribution in [0, 0.1) is 0 Å². The number of hydrogen-bond acceptors (Lipinski definition) is 1. The highest BCUT2D eigenvalue weighted by Crippen LogP contribution is 2.01. The maximum atomic E-state index is 11.0. The van der Waals surface area contributed by atoms with Crippen LogP contribution in [0.25, 0.3) is 0 Å². The first-order chi connectivity index (χ1) is 9.27. The van der Waals surface area contributed by atoms with E-state index in [0.29, 0.717) is 6.42 Å². The molecule has 2 rings (SSSR count). The third-order valence-electron chi connectivity index (χ3n) is 2.80. The summed E-state index contributed by atoms with van der Waals surface area (Å²) in [5.41, 5.74) is 2.25. The first-order valence-corrected chi connectivity index (χ1v) is 6.90. The Morgan fingerprint density at radius 1 is 0.842 bits per heavy atom. The van der Waals surface area contributed by atoms with Crippen LogP contribution in [-0.2, 0) is 6.42 Å². The minimum absolute atomic E-state index is 0.209. The van der Waals surface area contributed by atoms with Crippen LogP contribution < -0.4 is 0 Å². The molecule has 0 fully saturated rings. The van der Waals surface area contributed by atoms with Gasteiger partial charge < -0.3 is 0 Å². The number of hydrogen-bond donors (Lipinski definition) is 0. The van der Waals surface area contributed by atoms with E-state index in [4.69, 9.17) is 0 Å². The summed E-state index contributed by atoms with van der Waals surface area (Å²) in [7, 11) is 0. The largest absolute Gasteiger partial charge is 0.294 e. The summed E-state index contributed by atoms with van der Waals surface area (Å²) in [5, 5.41) is 0. The zero-order chi connectivity index (χ0) is 13.9. The number of carbonyl (C=O) groups excluding carboxylic acids is 1. The fourth-order valence-electron chi connectivity index (χ4n) is 1.76. The van der Waals surface area contributed by atoms with Gasteiger partial charge in [-0.2, -0.15) is 0 Å². The van der Waals surface area contributed by atoms with Gasteiger partial charge in [-0.25, -0.2) is 0 Å². The first kappa shape index (κ1) is 15.2. The minimum Gasteiger partial charge on any atom is -0.294 e. The van der Waals surface area contributed by atoms with E-state index in [9.17, 15) is 4.79 Å². The van der Waals surface area contributed by atoms with Gasteiger partial charge in [0.1, 0.15) is 0 Å². The van der Waals surface area contributed by atoms with Crippen LogP contribution in [0.3, 0.4) is 0 Å². The fourth-order valence-corrected chi connectivity index (χ4v) is 1.76. The van der Waals surface area contributed by atoms with Gasteiger partial charge in [0, 0.05) is 12.0 Å². The maximum absolute atomic E-state index is 11.0. The number of ketones is 1. The second kappa shape index (κ2) is 9.09. The Balaban J connectivity index is 0.000000191. The summed E-state index contributed by atoms with van der Waals surface area (Å²) < 4.78 is 0. The van der Waals surface area contributed by atoms with Crippen molar-refractivity contribution in [3.63, 3.8) is 0 Å². The van der Waals surface area contributed by atoms with Crippen molar-refractivity contribution in [2.24, 2.45) is 0 Å². The normalized spacial score (nSPS) is 9.37. The highest BCUT2D eigenvalue weighted by Gasteiger charge is 1.98. The molecule has 0 radical (unpaired) electrons. The Morgan fingerprint density at radius 2 is 1.37 bits per heavy atom. The van der Waals surface area contributed by atoms with Crippen molar-refractivity contribution in [1.82, 2.24) is 0 Å². The van der Waals surface area contributed by atoms with Crippen molar-refractivity contribution in [3.8, 4) is 0 Å². The summed E-state index contributed by atoms with van der Waals surface area (Å²) in [6, 6.07) is 19.9. The smallest absolute Gasteiger partial charge is 0.162 e. The van der Waals surface area contributed by atoms with E-state index < -0.39 is 0 Å². The van der Waals surface area contributed by atoms with Gasteiger partial charge in [-0.15, -0.1) is 0 Å². The molecule has 1 nitrogen and oxygen atoms in total. The number of carbonyl (C=O) groups is 1. The van der Waals surface area contributed by atoms with Crippen LogP contribution in [-0.4, -0.2) is 5.78 Å². The second-order valence-corrected chi connectivity index (χ2v) is 4.38. The molecule has 1 heteroatoms. The van der Waals surface area contributed by atoms with E-state index in [-0.39, 0.29) is 5.78 Å². The van der Waals surface area contributed by atoms with Gasteiger partial charge in [0.15, 0.2) is 5.78 Å². The third kappa shape index (κ3) is 6.01. The molecule has 0 unspecified atom stereocenters. The van der Waals surface area contributed by atoms with Crippen LogP contribution in [0.5, 0.6) is 0 Å². The predicted octanol–water partition coefficient (Wildman–Crippen LogP) is 4.92. The van der Waals surface area contributed by atoms with E-state index in [1.165, 1.54) is 18.4 Å². The molecular weight excluding hydrogens is 232 g/mol. The Kier molecular flexibility index (Phi) is 7.26. The van der Waals surface area contributed by atoms with Crippen molar-refractivity contribution < 1.29 is 4.79 Å². The molecule has 0 aliphatic carbocycles. The molecule has 0 saturated carbocycles. The molecule has 0 aliphatic heterocycles. The Labute approximate surface area is 116 Å². The molecule has 2 aromatic carbocycles. The predicted molar refractivity (Wildman–Crippen MR) is 81.5 cm³/mol. The second-order valence-electron chi connectivity index (χ2n) is 4.38. The molecule has 100 valence electrons. The molecule has 0 amide bonds. The number of aryl methyl sites for hydroxylation is 1. The maximum Gasteiger partial charge on any atom is 0.162 e. The summed E-state index contributed by atoms with van der Waals surface area (Å²) in [5.74, 6) is 0.209. The van der Waals surface area contributed by atoms with E-state index in [1.807, 2.05) is 37.3 Å². The van der Waals surface area contributed by atoms with E-state index in [1.54, 1.807) is 0 Å². The highest BCUT2D eigenvalue weighted by molar-refractivity contribution is 5.95. The van der Waals surface area contributed by atoms with Crippen LogP contribution in [0.15, 0.2) is 60.7 Å². The zero-order valence-electron chi connectivity index (χ0n) is 11.8. The summed E-state index contributed by atoms with van der Waals surface area (Å²) in [6.07, 6.45) is 3.04.